The second-order valence-electron chi connectivity index (χ2n) is 3.83. The van der Waals surface area contributed by atoms with Gasteiger partial charge in [0.25, 0.3) is 0 Å². The summed E-state index contributed by atoms with van der Waals surface area (Å²) >= 11 is 3.45. The van der Waals surface area contributed by atoms with Crippen LogP contribution in [0.5, 0.6) is 5.75 Å². The maximum atomic E-state index is 11.3. The van der Waals surface area contributed by atoms with Crippen LogP contribution in [0.1, 0.15) is 18.1 Å². The first kappa shape index (κ1) is 15.0. The first-order valence-corrected chi connectivity index (χ1v) is 6.59. The molecule has 0 aliphatic heterocycles. The molecular formula is C13H18BrNO3. The van der Waals surface area contributed by atoms with E-state index < -0.39 is 0 Å². The number of ether oxygens (including phenoxy) is 2. The van der Waals surface area contributed by atoms with Gasteiger partial charge in [-0.2, -0.15) is 0 Å². The summed E-state index contributed by atoms with van der Waals surface area (Å²) in [4.78, 5) is 11.3. The minimum atomic E-state index is -0.352. The number of rotatable bonds is 6. The molecule has 0 saturated carbocycles. The molecule has 0 aliphatic carbocycles. The molecule has 100 valence electrons. The number of aryl methyl sites for hydroxylation is 1. The van der Waals surface area contributed by atoms with E-state index in [-0.39, 0.29) is 12.6 Å². The van der Waals surface area contributed by atoms with Crippen molar-refractivity contribution in [3.05, 3.63) is 27.7 Å². The number of esters is 1. The van der Waals surface area contributed by atoms with E-state index in [9.17, 15) is 4.79 Å². The highest BCUT2D eigenvalue weighted by Gasteiger charge is 2.11. The lowest BCUT2D eigenvalue weighted by atomic mass is 10.1. The molecule has 0 aliphatic rings. The number of hydrogen-bond donors (Lipinski definition) is 1. The molecule has 0 aromatic heterocycles. The zero-order valence-corrected chi connectivity index (χ0v) is 12.5. The van der Waals surface area contributed by atoms with Gasteiger partial charge < -0.3 is 14.8 Å². The Morgan fingerprint density at radius 3 is 2.78 bits per heavy atom. The molecule has 0 fully saturated rings. The Bertz CT molecular complexity index is 421. The Kier molecular flexibility index (Phi) is 6.15. The third-order valence-corrected chi connectivity index (χ3v) is 2.78. The summed E-state index contributed by atoms with van der Waals surface area (Å²) in [6.07, 6.45) is 0. The Morgan fingerprint density at radius 2 is 2.17 bits per heavy atom. The van der Waals surface area contributed by atoms with Crippen LogP contribution in [0.15, 0.2) is 16.6 Å². The second-order valence-corrected chi connectivity index (χ2v) is 4.75. The number of carbonyl (C=O) groups excluding carboxylic acids is 1. The van der Waals surface area contributed by atoms with Gasteiger partial charge in [-0.15, -0.1) is 0 Å². The maximum absolute atomic E-state index is 11.3. The van der Waals surface area contributed by atoms with Crippen LogP contribution in [-0.2, 0) is 16.1 Å². The van der Waals surface area contributed by atoms with Gasteiger partial charge in [-0.25, -0.2) is 4.79 Å². The standard InChI is InChI=1S/C13H18BrNO3/c1-4-17-12(16)8-18-13-9(2)5-11(14)6-10(13)7-15-3/h5-6,15H,4,7-8H2,1-3H3. The van der Waals surface area contributed by atoms with E-state index in [1.54, 1.807) is 6.92 Å². The Balaban J connectivity index is 2.82. The van der Waals surface area contributed by atoms with E-state index in [2.05, 4.69) is 21.2 Å². The monoisotopic (exact) mass is 315 g/mol. The lowest BCUT2D eigenvalue weighted by Crippen LogP contribution is -2.16. The number of halogens is 1. The largest absolute Gasteiger partial charge is 0.481 e. The summed E-state index contributed by atoms with van der Waals surface area (Å²) < 4.78 is 11.4. The van der Waals surface area contributed by atoms with E-state index in [0.29, 0.717) is 13.2 Å². The van der Waals surface area contributed by atoms with Crippen molar-refractivity contribution in [2.24, 2.45) is 0 Å². The highest BCUT2D eigenvalue weighted by atomic mass is 79.9. The average Bonchev–Trinajstić information content (AvgIpc) is 2.28. The van der Waals surface area contributed by atoms with Crippen molar-refractivity contribution in [3.63, 3.8) is 0 Å². The highest BCUT2D eigenvalue weighted by molar-refractivity contribution is 9.10. The first-order chi connectivity index (χ1) is 8.58. The van der Waals surface area contributed by atoms with Gasteiger partial charge in [0, 0.05) is 16.6 Å². The van der Waals surface area contributed by atoms with Gasteiger partial charge in [-0.05, 0) is 38.6 Å². The fourth-order valence-electron chi connectivity index (χ4n) is 1.66. The molecule has 0 atom stereocenters. The van der Waals surface area contributed by atoms with Crippen LogP contribution in [0.3, 0.4) is 0 Å². The molecule has 4 nitrogen and oxygen atoms in total. The van der Waals surface area contributed by atoms with Gasteiger partial charge in [0.1, 0.15) is 5.75 Å². The predicted molar refractivity (Wildman–Crippen MR) is 73.8 cm³/mol. The van der Waals surface area contributed by atoms with Gasteiger partial charge in [0.15, 0.2) is 6.61 Å². The number of benzene rings is 1. The number of nitrogens with one attached hydrogen (secondary N) is 1. The van der Waals surface area contributed by atoms with Crippen molar-refractivity contribution in [1.29, 1.82) is 0 Å². The fourth-order valence-corrected chi connectivity index (χ4v) is 2.28. The van der Waals surface area contributed by atoms with Gasteiger partial charge in [0.2, 0.25) is 0 Å². The first-order valence-electron chi connectivity index (χ1n) is 5.80. The van der Waals surface area contributed by atoms with E-state index >= 15 is 0 Å². The van der Waals surface area contributed by atoms with Crippen molar-refractivity contribution in [2.45, 2.75) is 20.4 Å². The highest BCUT2D eigenvalue weighted by Crippen LogP contribution is 2.28. The molecule has 5 heteroatoms. The van der Waals surface area contributed by atoms with E-state index in [1.165, 1.54) is 0 Å². The third-order valence-electron chi connectivity index (χ3n) is 2.32. The summed E-state index contributed by atoms with van der Waals surface area (Å²) in [5.41, 5.74) is 1.99. The average molecular weight is 316 g/mol. The van der Waals surface area contributed by atoms with Crippen LogP contribution >= 0.6 is 15.9 Å². The SMILES string of the molecule is CCOC(=O)COc1c(C)cc(Br)cc1CNC. The molecule has 0 heterocycles. The van der Waals surface area contributed by atoms with Gasteiger partial charge >= 0.3 is 5.97 Å². The van der Waals surface area contributed by atoms with Crippen molar-refractivity contribution in [2.75, 3.05) is 20.3 Å². The minimum absolute atomic E-state index is 0.0625. The van der Waals surface area contributed by atoms with Crippen molar-refractivity contribution in [1.82, 2.24) is 5.32 Å². The van der Waals surface area contributed by atoms with Crippen molar-refractivity contribution < 1.29 is 14.3 Å². The Labute approximate surface area is 116 Å². The molecule has 1 rings (SSSR count). The topological polar surface area (TPSA) is 47.6 Å². The summed E-state index contributed by atoms with van der Waals surface area (Å²) in [7, 11) is 1.87. The third kappa shape index (κ3) is 4.31. The number of carbonyl (C=O) groups is 1. The molecule has 0 radical (unpaired) electrons. The molecule has 0 unspecified atom stereocenters. The molecule has 0 amide bonds. The molecule has 1 N–H and O–H groups in total. The van der Waals surface area contributed by atoms with Crippen LogP contribution in [-0.4, -0.2) is 26.2 Å². The van der Waals surface area contributed by atoms with E-state index in [1.807, 2.05) is 26.1 Å². The Morgan fingerprint density at radius 1 is 1.44 bits per heavy atom. The summed E-state index contributed by atoms with van der Waals surface area (Å²) in [6.45, 7) is 4.70. The normalized spacial score (nSPS) is 10.2. The molecule has 0 saturated heterocycles. The zero-order valence-electron chi connectivity index (χ0n) is 10.9. The van der Waals surface area contributed by atoms with Crippen LogP contribution in [0, 0.1) is 6.92 Å². The quantitative estimate of drug-likeness (QED) is 0.819. The van der Waals surface area contributed by atoms with Crippen LogP contribution in [0.2, 0.25) is 0 Å². The second kappa shape index (κ2) is 7.38. The number of hydrogen-bond acceptors (Lipinski definition) is 4. The summed E-state index contributed by atoms with van der Waals surface area (Å²) in [5, 5.41) is 3.07. The zero-order chi connectivity index (χ0) is 13.5. The molecule has 0 bridgehead atoms. The van der Waals surface area contributed by atoms with Crippen molar-refractivity contribution in [3.8, 4) is 5.75 Å². The predicted octanol–water partition coefficient (Wildman–Crippen LogP) is 2.42. The minimum Gasteiger partial charge on any atom is -0.481 e. The lowest BCUT2D eigenvalue weighted by molar-refractivity contribution is -0.145. The van der Waals surface area contributed by atoms with Gasteiger partial charge in [0.05, 0.1) is 6.61 Å². The molecule has 0 spiro atoms. The van der Waals surface area contributed by atoms with Crippen LogP contribution in [0.4, 0.5) is 0 Å². The Hall–Kier alpha value is -1.07. The van der Waals surface area contributed by atoms with E-state index in [0.717, 1.165) is 21.3 Å². The van der Waals surface area contributed by atoms with E-state index in [4.69, 9.17) is 9.47 Å². The fraction of sp³-hybridized carbons (Fsp3) is 0.462. The summed E-state index contributed by atoms with van der Waals surface area (Å²) in [6, 6.07) is 3.93. The summed E-state index contributed by atoms with van der Waals surface area (Å²) in [5.74, 6) is 0.385. The molecule has 1 aromatic carbocycles. The van der Waals surface area contributed by atoms with Crippen molar-refractivity contribution >= 4 is 21.9 Å². The lowest BCUT2D eigenvalue weighted by Gasteiger charge is -2.14. The van der Waals surface area contributed by atoms with Gasteiger partial charge in [-0.1, -0.05) is 15.9 Å². The molecule has 1 aromatic rings. The molecular weight excluding hydrogens is 298 g/mol. The smallest absolute Gasteiger partial charge is 0.344 e. The van der Waals surface area contributed by atoms with Gasteiger partial charge in [-0.3, -0.25) is 0 Å². The van der Waals surface area contributed by atoms with Crippen LogP contribution < -0.4 is 10.1 Å². The molecule has 18 heavy (non-hydrogen) atoms. The van der Waals surface area contributed by atoms with Crippen LogP contribution in [0.25, 0.3) is 0 Å². The maximum Gasteiger partial charge on any atom is 0.344 e.